The third kappa shape index (κ3) is 6.19. The Labute approximate surface area is 130 Å². The van der Waals surface area contributed by atoms with E-state index in [1.54, 1.807) is 6.26 Å². The average Bonchev–Trinajstić information content (AvgIpc) is 2.94. The van der Waals surface area contributed by atoms with E-state index in [1.165, 1.54) is 11.8 Å². The van der Waals surface area contributed by atoms with Crippen LogP contribution in [0, 0.1) is 16.0 Å². The van der Waals surface area contributed by atoms with Gasteiger partial charge in [0.2, 0.25) is 5.17 Å². The fraction of sp³-hybridized carbons (Fsp3) is 0.923. The first-order valence-corrected chi connectivity index (χ1v) is 8.50. The van der Waals surface area contributed by atoms with Crippen molar-refractivity contribution >= 4 is 16.9 Å². The van der Waals surface area contributed by atoms with Crippen LogP contribution in [-0.2, 0) is 4.74 Å². The van der Waals surface area contributed by atoms with E-state index < -0.39 is 5.03 Å². The summed E-state index contributed by atoms with van der Waals surface area (Å²) in [6.07, 6.45) is 2.93. The Kier molecular flexibility index (Phi) is 7.98. The lowest BCUT2D eigenvalue weighted by Gasteiger charge is -2.32. The fourth-order valence-corrected chi connectivity index (χ4v) is 3.15. The van der Waals surface area contributed by atoms with Crippen LogP contribution in [0.2, 0.25) is 0 Å². The topological polar surface area (TPSA) is 71.2 Å². The van der Waals surface area contributed by atoms with Crippen molar-refractivity contribution < 1.29 is 9.77 Å². The number of ether oxygens (including phenoxy) is 1. The fourth-order valence-electron chi connectivity index (χ4n) is 2.61. The zero-order valence-electron chi connectivity index (χ0n) is 13.3. The summed E-state index contributed by atoms with van der Waals surface area (Å²) >= 11 is 1.30. The summed E-state index contributed by atoms with van der Waals surface area (Å²) in [6.45, 7) is 8.71. The van der Waals surface area contributed by atoms with Gasteiger partial charge < -0.3 is 9.64 Å². The van der Waals surface area contributed by atoms with Crippen molar-refractivity contribution in [2.75, 3.05) is 46.2 Å². The van der Waals surface area contributed by atoms with Crippen LogP contribution in [0.4, 0.5) is 0 Å². The lowest BCUT2D eigenvalue weighted by atomic mass is 10.1. The number of nitrogens with zero attached hydrogens (tertiary/aromatic N) is 4. The molecule has 0 spiro atoms. The van der Waals surface area contributed by atoms with Gasteiger partial charge in [0.05, 0.1) is 11.7 Å². The number of amidine groups is 1. The lowest BCUT2D eigenvalue weighted by Crippen LogP contribution is -2.44. The Morgan fingerprint density at radius 1 is 1.62 bits per heavy atom. The van der Waals surface area contributed by atoms with Crippen molar-refractivity contribution in [1.82, 2.24) is 9.80 Å². The van der Waals surface area contributed by atoms with E-state index in [0.717, 1.165) is 39.3 Å². The molecule has 1 saturated heterocycles. The molecule has 0 amide bonds. The van der Waals surface area contributed by atoms with E-state index in [1.807, 2.05) is 11.9 Å². The van der Waals surface area contributed by atoms with E-state index in [4.69, 9.17) is 4.74 Å². The number of hydrogen-bond donors (Lipinski definition) is 0. The molecule has 0 saturated carbocycles. The molecule has 0 N–H and O–H groups in total. The van der Waals surface area contributed by atoms with Crippen LogP contribution in [0.25, 0.3) is 0 Å². The largest absolute Gasteiger partial charge is 0.381 e. The minimum Gasteiger partial charge on any atom is -0.381 e. The minimum atomic E-state index is -0.638. The number of thioether (sulfide) groups is 1. The standard InChI is InChI=1S/C13H26N4O3S/c1-5-16(9-12-6-7-20-10-12)11(2)8-15(3)13(21-4)14-17(18)19/h11-12H,5-10H2,1-4H3. The third-order valence-corrected chi connectivity index (χ3v) is 4.52. The summed E-state index contributed by atoms with van der Waals surface area (Å²) in [7, 11) is 1.85. The molecular formula is C13H26N4O3S. The number of rotatable bonds is 7. The Morgan fingerprint density at radius 2 is 2.33 bits per heavy atom. The van der Waals surface area contributed by atoms with Crippen LogP contribution in [0.1, 0.15) is 20.3 Å². The van der Waals surface area contributed by atoms with Crippen molar-refractivity contribution in [3.63, 3.8) is 0 Å². The Balaban J connectivity index is 2.55. The molecule has 1 fully saturated rings. The number of hydrogen-bond acceptors (Lipinski definition) is 5. The molecular weight excluding hydrogens is 292 g/mol. The molecule has 0 aromatic carbocycles. The van der Waals surface area contributed by atoms with Gasteiger partial charge in [-0.25, -0.2) is 10.1 Å². The Bertz CT molecular complexity index is 361. The van der Waals surface area contributed by atoms with Gasteiger partial charge in [0.1, 0.15) is 0 Å². The van der Waals surface area contributed by atoms with Gasteiger partial charge >= 0.3 is 0 Å². The van der Waals surface area contributed by atoms with Gasteiger partial charge in [0.15, 0.2) is 5.03 Å². The molecule has 1 rings (SSSR count). The average molecular weight is 318 g/mol. The molecule has 1 heterocycles. The second kappa shape index (κ2) is 9.22. The first-order valence-electron chi connectivity index (χ1n) is 7.27. The molecule has 7 nitrogen and oxygen atoms in total. The molecule has 1 aliphatic heterocycles. The predicted molar refractivity (Wildman–Crippen MR) is 86.2 cm³/mol. The zero-order valence-corrected chi connectivity index (χ0v) is 14.1. The number of nitro groups is 1. The molecule has 0 bridgehead atoms. The SMILES string of the molecule is CCN(CC1CCOC1)C(C)CN(C)C(=N[N+](=O)[O-])SC. The molecule has 0 aromatic heterocycles. The first kappa shape index (κ1) is 18.2. The van der Waals surface area contributed by atoms with Crippen LogP contribution in [0.3, 0.4) is 0 Å². The molecule has 122 valence electrons. The van der Waals surface area contributed by atoms with Gasteiger partial charge in [-0.1, -0.05) is 18.7 Å². The highest BCUT2D eigenvalue weighted by Crippen LogP contribution is 2.16. The second-order valence-electron chi connectivity index (χ2n) is 5.37. The maximum absolute atomic E-state index is 10.5. The quantitative estimate of drug-likeness (QED) is 0.307. The van der Waals surface area contributed by atoms with E-state index in [0.29, 0.717) is 17.1 Å². The van der Waals surface area contributed by atoms with E-state index in [2.05, 4.69) is 23.8 Å². The second-order valence-corrected chi connectivity index (χ2v) is 6.14. The molecule has 2 unspecified atom stereocenters. The van der Waals surface area contributed by atoms with Gasteiger partial charge in [0.25, 0.3) is 0 Å². The first-order chi connectivity index (χ1) is 9.97. The van der Waals surface area contributed by atoms with Crippen molar-refractivity contribution in [2.45, 2.75) is 26.3 Å². The highest BCUT2D eigenvalue weighted by molar-refractivity contribution is 8.13. The highest BCUT2D eigenvalue weighted by Gasteiger charge is 2.23. The van der Waals surface area contributed by atoms with Crippen molar-refractivity contribution in [3.05, 3.63) is 10.1 Å². The van der Waals surface area contributed by atoms with E-state index in [9.17, 15) is 10.1 Å². The minimum absolute atomic E-state index is 0.310. The van der Waals surface area contributed by atoms with Crippen molar-refractivity contribution in [1.29, 1.82) is 0 Å². The number of hydrazone groups is 1. The summed E-state index contributed by atoms with van der Waals surface area (Å²) in [5, 5.41) is 13.8. The van der Waals surface area contributed by atoms with Crippen LogP contribution >= 0.6 is 11.8 Å². The van der Waals surface area contributed by atoms with E-state index >= 15 is 0 Å². The van der Waals surface area contributed by atoms with Crippen LogP contribution in [0.15, 0.2) is 5.10 Å². The van der Waals surface area contributed by atoms with Crippen molar-refractivity contribution in [3.8, 4) is 0 Å². The molecule has 1 aliphatic rings. The molecule has 0 aliphatic carbocycles. The van der Waals surface area contributed by atoms with Gasteiger partial charge in [-0.05, 0) is 32.1 Å². The van der Waals surface area contributed by atoms with Gasteiger partial charge in [-0.2, -0.15) is 0 Å². The Morgan fingerprint density at radius 3 is 2.81 bits per heavy atom. The lowest BCUT2D eigenvalue weighted by molar-refractivity contribution is -0.485. The molecule has 2 atom stereocenters. The third-order valence-electron chi connectivity index (χ3n) is 3.76. The normalized spacial score (nSPS) is 20.8. The molecule has 21 heavy (non-hydrogen) atoms. The van der Waals surface area contributed by atoms with Crippen molar-refractivity contribution in [2.24, 2.45) is 11.0 Å². The summed E-state index contributed by atoms with van der Waals surface area (Å²) in [5.41, 5.74) is 0. The maximum Gasteiger partial charge on any atom is 0.237 e. The zero-order chi connectivity index (χ0) is 15.8. The van der Waals surface area contributed by atoms with Crippen LogP contribution < -0.4 is 0 Å². The predicted octanol–water partition coefficient (Wildman–Crippen LogP) is 1.58. The summed E-state index contributed by atoms with van der Waals surface area (Å²) in [6, 6.07) is 0.310. The molecule has 0 aromatic rings. The van der Waals surface area contributed by atoms with Gasteiger partial charge in [-0.3, -0.25) is 4.90 Å². The molecule has 8 heteroatoms. The summed E-state index contributed by atoms with van der Waals surface area (Å²) < 4.78 is 5.43. The summed E-state index contributed by atoms with van der Waals surface area (Å²) in [4.78, 5) is 14.8. The van der Waals surface area contributed by atoms with Crippen LogP contribution in [0.5, 0.6) is 0 Å². The number of likely N-dealkylation sites (N-methyl/N-ethyl adjacent to an activating group) is 2. The van der Waals surface area contributed by atoms with E-state index in [-0.39, 0.29) is 0 Å². The monoisotopic (exact) mass is 318 g/mol. The summed E-state index contributed by atoms with van der Waals surface area (Å²) in [5.74, 6) is 0.602. The highest BCUT2D eigenvalue weighted by atomic mass is 32.2. The van der Waals surface area contributed by atoms with Gasteiger partial charge in [0, 0.05) is 32.8 Å². The Hall–Kier alpha value is -0.860. The smallest absolute Gasteiger partial charge is 0.237 e. The van der Waals surface area contributed by atoms with Crippen LogP contribution in [-0.4, -0.2) is 72.2 Å². The maximum atomic E-state index is 10.5. The molecule has 0 radical (unpaired) electrons. The van der Waals surface area contributed by atoms with Gasteiger partial charge in [-0.15, -0.1) is 0 Å².